The first-order chi connectivity index (χ1) is 11.9. The van der Waals surface area contributed by atoms with Crippen molar-refractivity contribution in [3.8, 4) is 0 Å². The van der Waals surface area contributed by atoms with Gasteiger partial charge in [-0.1, -0.05) is 34.1 Å². The Kier molecular flexibility index (Phi) is 5.58. The Morgan fingerprint density at radius 1 is 1.24 bits per heavy atom. The van der Waals surface area contributed by atoms with Gasteiger partial charge in [0, 0.05) is 29.8 Å². The maximum atomic E-state index is 12.8. The van der Waals surface area contributed by atoms with E-state index in [-0.39, 0.29) is 12.0 Å². The molecule has 0 bridgehead atoms. The van der Waals surface area contributed by atoms with Crippen molar-refractivity contribution in [3.63, 3.8) is 0 Å². The van der Waals surface area contributed by atoms with E-state index in [1.165, 1.54) is 5.56 Å². The van der Waals surface area contributed by atoms with Gasteiger partial charge in [0.1, 0.15) is 5.69 Å². The summed E-state index contributed by atoms with van der Waals surface area (Å²) in [6.07, 6.45) is -1.47. The lowest BCUT2D eigenvalue weighted by Crippen LogP contribution is -2.42. The van der Waals surface area contributed by atoms with Crippen molar-refractivity contribution >= 4 is 21.9 Å². The molecule has 0 saturated carbocycles. The average Bonchev–Trinajstić information content (AvgIpc) is 2.57. The smallest absolute Gasteiger partial charge is 0.350 e. The lowest BCUT2D eigenvalue weighted by Gasteiger charge is -2.33. The van der Waals surface area contributed by atoms with Crippen molar-refractivity contribution in [3.05, 3.63) is 52.3 Å². The molecule has 0 spiro atoms. The van der Waals surface area contributed by atoms with Gasteiger partial charge in [-0.25, -0.2) is 9.97 Å². The molecule has 1 atom stereocenters. The zero-order chi connectivity index (χ0) is 17.9. The van der Waals surface area contributed by atoms with Gasteiger partial charge >= 0.3 is 6.18 Å². The molecule has 0 aliphatic carbocycles. The lowest BCUT2D eigenvalue weighted by atomic mass is 10.0. The van der Waals surface area contributed by atoms with Crippen molar-refractivity contribution in [2.24, 2.45) is 0 Å². The average molecular weight is 415 g/mol. The molecule has 25 heavy (non-hydrogen) atoms. The molecular formula is C17H18BrF3N4. The molecule has 1 N–H and O–H groups in total. The molecule has 1 fully saturated rings. The van der Waals surface area contributed by atoms with Crippen LogP contribution in [0.1, 0.15) is 24.1 Å². The number of halogens is 4. The molecule has 134 valence electrons. The predicted molar refractivity (Wildman–Crippen MR) is 93.1 cm³/mol. The first-order valence-corrected chi connectivity index (χ1v) is 8.83. The number of piperidine rings is 1. The van der Waals surface area contributed by atoms with Crippen LogP contribution >= 0.6 is 15.9 Å². The molecule has 1 aromatic carbocycles. The summed E-state index contributed by atoms with van der Waals surface area (Å²) in [7, 11) is 0. The molecule has 1 aliphatic heterocycles. The van der Waals surface area contributed by atoms with Gasteiger partial charge in [0.15, 0.2) is 0 Å². The molecule has 1 saturated heterocycles. The number of hydrogen-bond acceptors (Lipinski definition) is 4. The van der Waals surface area contributed by atoms with E-state index >= 15 is 0 Å². The van der Waals surface area contributed by atoms with Crippen molar-refractivity contribution in [1.82, 2.24) is 14.9 Å². The maximum absolute atomic E-state index is 12.8. The summed E-state index contributed by atoms with van der Waals surface area (Å²) in [6.45, 7) is 2.49. The minimum absolute atomic E-state index is 0.0275. The SMILES string of the molecule is FC(F)(F)c1ccnc(NC2CCCN(Cc3ccccc3Br)C2)n1. The fourth-order valence-corrected chi connectivity index (χ4v) is 3.36. The van der Waals surface area contributed by atoms with E-state index in [0.29, 0.717) is 0 Å². The molecule has 8 heteroatoms. The van der Waals surface area contributed by atoms with Crippen molar-refractivity contribution in [1.29, 1.82) is 0 Å². The molecule has 1 aliphatic rings. The highest BCUT2D eigenvalue weighted by Gasteiger charge is 2.33. The van der Waals surface area contributed by atoms with Crippen molar-refractivity contribution < 1.29 is 13.2 Å². The minimum Gasteiger partial charge on any atom is -0.350 e. The number of anilines is 1. The Bertz CT molecular complexity index is 723. The second-order valence-electron chi connectivity index (χ2n) is 6.07. The predicted octanol–water partition coefficient (Wildman–Crippen LogP) is 4.33. The summed E-state index contributed by atoms with van der Waals surface area (Å²) in [6, 6.07) is 8.95. The van der Waals surface area contributed by atoms with Gasteiger partial charge in [0.05, 0.1) is 0 Å². The number of rotatable bonds is 4. The molecule has 2 heterocycles. The highest BCUT2D eigenvalue weighted by Crippen LogP contribution is 2.28. The standard InChI is InChI=1S/C17H18BrF3N4/c18-14-6-2-1-4-12(14)10-25-9-3-5-13(11-25)23-16-22-8-7-15(24-16)17(19,20)21/h1-2,4,6-8,13H,3,5,9-11H2,(H,22,23,24). The summed E-state index contributed by atoms with van der Waals surface area (Å²) in [4.78, 5) is 9.80. The Hall–Kier alpha value is -1.67. The topological polar surface area (TPSA) is 41.1 Å². The quantitative estimate of drug-likeness (QED) is 0.807. The Balaban J connectivity index is 1.63. The maximum Gasteiger partial charge on any atom is 0.433 e. The summed E-state index contributed by atoms with van der Waals surface area (Å²) < 4.78 is 39.3. The Morgan fingerprint density at radius 2 is 2.04 bits per heavy atom. The Morgan fingerprint density at radius 3 is 2.80 bits per heavy atom. The molecular weight excluding hydrogens is 397 g/mol. The van der Waals surface area contributed by atoms with Crippen LogP contribution in [0.15, 0.2) is 41.0 Å². The second-order valence-corrected chi connectivity index (χ2v) is 6.93. The number of nitrogens with zero attached hydrogens (tertiary/aromatic N) is 3. The first kappa shape index (κ1) is 18.1. The van der Waals surface area contributed by atoms with Gasteiger partial charge in [-0.05, 0) is 37.1 Å². The van der Waals surface area contributed by atoms with Gasteiger partial charge in [0.2, 0.25) is 5.95 Å². The number of benzene rings is 1. The summed E-state index contributed by atoms with van der Waals surface area (Å²) >= 11 is 3.55. The van der Waals surface area contributed by atoms with E-state index in [2.05, 4.69) is 42.2 Å². The molecule has 4 nitrogen and oxygen atoms in total. The van der Waals surface area contributed by atoms with Gasteiger partial charge < -0.3 is 5.32 Å². The largest absolute Gasteiger partial charge is 0.433 e. The van der Waals surface area contributed by atoms with Crippen LogP contribution in [0.2, 0.25) is 0 Å². The van der Waals surface area contributed by atoms with E-state index in [1.54, 1.807) is 0 Å². The van der Waals surface area contributed by atoms with E-state index in [4.69, 9.17) is 0 Å². The highest BCUT2D eigenvalue weighted by atomic mass is 79.9. The summed E-state index contributed by atoms with van der Waals surface area (Å²) in [5, 5.41) is 3.05. The van der Waals surface area contributed by atoms with E-state index in [1.807, 2.05) is 18.2 Å². The van der Waals surface area contributed by atoms with Crippen LogP contribution < -0.4 is 5.32 Å². The van der Waals surface area contributed by atoms with Gasteiger partial charge in [-0.15, -0.1) is 0 Å². The van der Waals surface area contributed by atoms with Crippen molar-refractivity contribution in [2.75, 3.05) is 18.4 Å². The fourth-order valence-electron chi connectivity index (χ4n) is 2.95. The molecule has 1 unspecified atom stereocenters. The zero-order valence-corrected chi connectivity index (χ0v) is 15.0. The molecule has 1 aromatic heterocycles. The lowest BCUT2D eigenvalue weighted by molar-refractivity contribution is -0.141. The third-order valence-electron chi connectivity index (χ3n) is 4.14. The monoisotopic (exact) mass is 414 g/mol. The van der Waals surface area contributed by atoms with Gasteiger partial charge in [-0.3, -0.25) is 4.90 Å². The van der Waals surface area contributed by atoms with E-state index in [9.17, 15) is 13.2 Å². The van der Waals surface area contributed by atoms with Crippen LogP contribution in [0.5, 0.6) is 0 Å². The number of hydrogen-bond donors (Lipinski definition) is 1. The first-order valence-electron chi connectivity index (χ1n) is 8.04. The molecule has 0 radical (unpaired) electrons. The zero-order valence-electron chi connectivity index (χ0n) is 13.4. The normalized spacial score (nSPS) is 19.0. The summed E-state index contributed by atoms with van der Waals surface area (Å²) in [5.41, 5.74) is 0.268. The van der Waals surface area contributed by atoms with Crippen LogP contribution in [-0.4, -0.2) is 34.0 Å². The number of likely N-dealkylation sites (tertiary alicyclic amines) is 1. The third-order valence-corrected chi connectivity index (χ3v) is 4.91. The van der Waals surface area contributed by atoms with Crippen LogP contribution in [0.3, 0.4) is 0 Å². The molecule has 0 amide bonds. The molecule has 2 aromatic rings. The fraction of sp³-hybridized carbons (Fsp3) is 0.412. The van der Waals surface area contributed by atoms with Crippen LogP contribution in [0.4, 0.5) is 19.1 Å². The van der Waals surface area contributed by atoms with E-state index < -0.39 is 11.9 Å². The van der Waals surface area contributed by atoms with Gasteiger partial charge in [-0.2, -0.15) is 13.2 Å². The van der Waals surface area contributed by atoms with Gasteiger partial charge in [0.25, 0.3) is 0 Å². The number of nitrogens with one attached hydrogen (secondary N) is 1. The summed E-state index contributed by atoms with van der Waals surface area (Å²) in [5.74, 6) is 0.0302. The van der Waals surface area contributed by atoms with Crippen LogP contribution in [0, 0.1) is 0 Å². The number of alkyl halides is 3. The highest BCUT2D eigenvalue weighted by molar-refractivity contribution is 9.10. The second kappa shape index (κ2) is 7.70. The van der Waals surface area contributed by atoms with Crippen molar-refractivity contribution in [2.45, 2.75) is 31.6 Å². The van der Waals surface area contributed by atoms with Crippen LogP contribution in [-0.2, 0) is 12.7 Å². The van der Waals surface area contributed by atoms with E-state index in [0.717, 1.165) is 49.2 Å². The number of aromatic nitrogens is 2. The minimum atomic E-state index is -4.46. The molecule has 3 rings (SSSR count). The third kappa shape index (κ3) is 4.92. The Labute approximate surface area is 152 Å². The van der Waals surface area contributed by atoms with Crippen LogP contribution in [0.25, 0.3) is 0 Å².